The molecule has 188 valence electrons. The fraction of sp³-hybridized carbons (Fsp3) is 0.444. The Labute approximate surface area is 205 Å². The molecule has 0 radical (unpaired) electrons. The van der Waals surface area contributed by atoms with Crippen molar-refractivity contribution in [3.05, 3.63) is 53.1 Å². The number of carboxylic acids is 2. The van der Waals surface area contributed by atoms with Gasteiger partial charge in [0.2, 0.25) is 0 Å². The number of amides is 1. The van der Waals surface area contributed by atoms with Crippen molar-refractivity contribution in [1.29, 1.82) is 0 Å². The first-order valence-electron chi connectivity index (χ1n) is 11.5. The van der Waals surface area contributed by atoms with Crippen LogP contribution in [0.25, 0.3) is 0 Å². The van der Waals surface area contributed by atoms with Gasteiger partial charge in [0.15, 0.2) is 6.61 Å². The van der Waals surface area contributed by atoms with Crippen LogP contribution in [-0.4, -0.2) is 47.3 Å². The Bertz CT molecular complexity index is 1150. The molecule has 0 spiro atoms. The van der Waals surface area contributed by atoms with Gasteiger partial charge < -0.3 is 19.7 Å². The second-order valence-corrected chi connectivity index (χ2v) is 10.4. The first-order chi connectivity index (χ1) is 16.3. The van der Waals surface area contributed by atoms with Crippen molar-refractivity contribution in [3.63, 3.8) is 0 Å². The first kappa shape index (κ1) is 26.1. The number of anilines is 1. The average Bonchev–Trinajstić information content (AvgIpc) is 3.10. The summed E-state index contributed by atoms with van der Waals surface area (Å²) in [6.07, 6.45) is 0.215. The predicted molar refractivity (Wildman–Crippen MR) is 132 cm³/mol. The fourth-order valence-electron chi connectivity index (χ4n) is 4.79. The van der Waals surface area contributed by atoms with E-state index in [0.717, 1.165) is 5.56 Å². The zero-order chi connectivity index (χ0) is 26.1. The largest absolute Gasteiger partial charge is 0.496 e. The Kier molecular flexibility index (Phi) is 7.15. The molecule has 2 N–H and O–H groups in total. The Morgan fingerprint density at radius 1 is 1.09 bits per heavy atom. The van der Waals surface area contributed by atoms with Gasteiger partial charge in [-0.05, 0) is 47.6 Å². The van der Waals surface area contributed by atoms with Gasteiger partial charge in [0.25, 0.3) is 5.91 Å². The molecule has 2 aromatic carbocycles. The maximum atomic E-state index is 14.0. The van der Waals surface area contributed by atoms with Crippen LogP contribution in [0.15, 0.2) is 36.4 Å². The summed E-state index contributed by atoms with van der Waals surface area (Å²) in [5, 5.41) is 19.5. The number of fused-ring (bicyclic) bond motifs is 1. The molecule has 0 aliphatic carbocycles. The van der Waals surface area contributed by atoms with Crippen molar-refractivity contribution in [1.82, 2.24) is 0 Å². The van der Waals surface area contributed by atoms with Gasteiger partial charge in [-0.25, -0.2) is 9.59 Å². The number of hydrogen-bond donors (Lipinski definition) is 2. The number of rotatable bonds is 8. The molecular formula is C27H33NO7. The number of hydrogen-bond acceptors (Lipinski definition) is 5. The first-order valence-corrected chi connectivity index (χ1v) is 11.5. The van der Waals surface area contributed by atoms with Gasteiger partial charge in [-0.1, -0.05) is 46.8 Å². The fourth-order valence-corrected chi connectivity index (χ4v) is 4.79. The van der Waals surface area contributed by atoms with E-state index < -0.39 is 30.0 Å². The van der Waals surface area contributed by atoms with Gasteiger partial charge in [0.1, 0.15) is 17.0 Å². The number of carbonyl (C=O) groups is 3. The van der Waals surface area contributed by atoms with E-state index in [0.29, 0.717) is 22.6 Å². The summed E-state index contributed by atoms with van der Waals surface area (Å²) in [6.45, 7) is 9.36. The van der Waals surface area contributed by atoms with Crippen molar-refractivity contribution >= 4 is 23.5 Å². The van der Waals surface area contributed by atoms with Crippen molar-refractivity contribution in [3.8, 4) is 11.5 Å². The maximum Gasteiger partial charge on any atom is 0.341 e. The van der Waals surface area contributed by atoms with Gasteiger partial charge in [-0.2, -0.15) is 0 Å². The highest BCUT2D eigenvalue weighted by atomic mass is 16.5. The molecule has 2 aromatic rings. The van der Waals surface area contributed by atoms with Crippen molar-refractivity contribution < 1.29 is 34.1 Å². The van der Waals surface area contributed by atoms with E-state index in [1.54, 1.807) is 30.3 Å². The summed E-state index contributed by atoms with van der Waals surface area (Å²) in [5.41, 5.74) is 0.365. The van der Waals surface area contributed by atoms with Crippen LogP contribution in [0.5, 0.6) is 11.5 Å². The average molecular weight is 484 g/mol. The second-order valence-electron chi connectivity index (χ2n) is 10.4. The third-order valence-electron chi connectivity index (χ3n) is 6.20. The lowest BCUT2D eigenvalue weighted by Gasteiger charge is -2.36. The molecule has 1 atom stereocenters. The van der Waals surface area contributed by atoms with Gasteiger partial charge in [-0.15, -0.1) is 0 Å². The molecule has 1 unspecified atom stereocenters. The van der Waals surface area contributed by atoms with E-state index in [1.165, 1.54) is 12.0 Å². The number of carboxylic acid groups (broad SMARTS) is 2. The molecule has 1 heterocycles. The third-order valence-corrected chi connectivity index (χ3v) is 6.20. The van der Waals surface area contributed by atoms with E-state index in [-0.39, 0.29) is 29.9 Å². The summed E-state index contributed by atoms with van der Waals surface area (Å²) in [4.78, 5) is 39.2. The van der Waals surface area contributed by atoms with Crippen LogP contribution in [-0.2, 0) is 21.4 Å². The van der Waals surface area contributed by atoms with Gasteiger partial charge in [0.05, 0.1) is 12.8 Å². The number of ether oxygens (including phenoxy) is 2. The number of benzene rings is 2. The molecule has 35 heavy (non-hydrogen) atoms. The normalized spacial score (nSPS) is 17.3. The molecule has 0 saturated heterocycles. The van der Waals surface area contributed by atoms with Crippen molar-refractivity contribution in [2.75, 3.05) is 18.6 Å². The molecule has 0 fully saturated rings. The van der Waals surface area contributed by atoms with Crippen LogP contribution >= 0.6 is 0 Å². The summed E-state index contributed by atoms with van der Waals surface area (Å²) in [6, 6.07) is 10.1. The minimum absolute atomic E-state index is 0.00852. The molecule has 0 aromatic heterocycles. The zero-order valence-electron chi connectivity index (χ0n) is 21.0. The van der Waals surface area contributed by atoms with Crippen molar-refractivity contribution in [2.24, 2.45) is 5.92 Å². The summed E-state index contributed by atoms with van der Waals surface area (Å²) >= 11 is 0. The lowest BCUT2D eigenvalue weighted by molar-refractivity contribution is -0.143. The minimum atomic E-state index is -1.55. The lowest BCUT2D eigenvalue weighted by Crippen LogP contribution is -2.56. The molecule has 1 aliphatic rings. The molecule has 0 saturated carbocycles. The Hall–Kier alpha value is -3.55. The second kappa shape index (κ2) is 9.60. The van der Waals surface area contributed by atoms with Crippen LogP contribution < -0.4 is 14.4 Å². The Balaban J connectivity index is 2.18. The Morgan fingerprint density at radius 2 is 1.77 bits per heavy atom. The number of nitrogens with zero attached hydrogens (tertiary/aromatic N) is 1. The van der Waals surface area contributed by atoms with Crippen LogP contribution in [0.2, 0.25) is 0 Å². The number of carbonyl (C=O) groups excluding carboxylic acids is 1. The summed E-state index contributed by atoms with van der Waals surface area (Å²) in [5.74, 6) is -1.97. The molecule has 1 amide bonds. The van der Waals surface area contributed by atoms with E-state index >= 15 is 0 Å². The molecule has 1 aliphatic heterocycles. The number of aliphatic carboxylic acids is 2. The standard InChI is InChI=1S/C27H33NO7/c1-16(2)13-27(25(32)33)14-18-20(8-7-9-21(18)35-15-23(29)30)28(27)24(31)17-10-11-19(26(3,4)5)22(12-17)34-6/h7-12,16H,13-15H2,1-6H3,(H,29,30)(H,32,33). The number of methoxy groups -OCH3 is 1. The third kappa shape index (κ3) is 4.97. The molecule has 0 bridgehead atoms. The predicted octanol–water partition coefficient (Wildman–Crippen LogP) is 4.53. The summed E-state index contributed by atoms with van der Waals surface area (Å²) in [7, 11) is 1.54. The van der Waals surface area contributed by atoms with Gasteiger partial charge in [-0.3, -0.25) is 9.69 Å². The Morgan fingerprint density at radius 3 is 2.31 bits per heavy atom. The van der Waals surface area contributed by atoms with E-state index in [9.17, 15) is 19.5 Å². The molecule has 8 heteroatoms. The highest BCUT2D eigenvalue weighted by molar-refractivity contribution is 6.13. The van der Waals surface area contributed by atoms with Crippen LogP contribution in [0, 0.1) is 5.92 Å². The van der Waals surface area contributed by atoms with Crippen LogP contribution in [0.1, 0.15) is 62.5 Å². The zero-order valence-corrected chi connectivity index (χ0v) is 21.0. The highest BCUT2D eigenvalue weighted by Crippen LogP contribution is 2.47. The monoisotopic (exact) mass is 483 g/mol. The highest BCUT2D eigenvalue weighted by Gasteiger charge is 2.54. The SMILES string of the molecule is COc1cc(C(=O)N2c3cccc(OCC(=O)O)c3CC2(CC(C)C)C(=O)O)ccc1C(C)(C)C. The van der Waals surface area contributed by atoms with Crippen molar-refractivity contribution in [2.45, 2.75) is 58.4 Å². The smallest absolute Gasteiger partial charge is 0.341 e. The molecule has 8 nitrogen and oxygen atoms in total. The topological polar surface area (TPSA) is 113 Å². The quantitative estimate of drug-likeness (QED) is 0.567. The van der Waals surface area contributed by atoms with Gasteiger partial charge >= 0.3 is 11.9 Å². The van der Waals surface area contributed by atoms with E-state index in [1.807, 2.05) is 40.7 Å². The van der Waals surface area contributed by atoms with Crippen LogP contribution in [0.3, 0.4) is 0 Å². The summed E-state index contributed by atoms with van der Waals surface area (Å²) < 4.78 is 11.0. The van der Waals surface area contributed by atoms with E-state index in [2.05, 4.69) is 0 Å². The lowest BCUT2D eigenvalue weighted by atomic mass is 9.84. The maximum absolute atomic E-state index is 14.0. The molecule has 3 rings (SSSR count). The minimum Gasteiger partial charge on any atom is -0.496 e. The van der Waals surface area contributed by atoms with E-state index in [4.69, 9.17) is 14.6 Å². The van der Waals surface area contributed by atoms with Gasteiger partial charge in [0, 0.05) is 17.5 Å². The van der Waals surface area contributed by atoms with Crippen LogP contribution in [0.4, 0.5) is 5.69 Å². The molecular weight excluding hydrogens is 450 g/mol.